The van der Waals surface area contributed by atoms with E-state index in [4.69, 9.17) is 4.43 Å². The topological polar surface area (TPSA) is 9.23 Å². The van der Waals surface area contributed by atoms with Crippen molar-refractivity contribution in [1.29, 1.82) is 0 Å². The molecular weight excluding hydrogens is 452 g/mol. The maximum Gasteiger partial charge on any atom is 0.192 e. The van der Waals surface area contributed by atoms with Crippen LogP contribution in [0.15, 0.2) is 11.6 Å². The highest BCUT2D eigenvalue weighted by molar-refractivity contribution is 6.74. The van der Waals surface area contributed by atoms with Crippen LogP contribution in [-0.2, 0) is 4.43 Å². The molecule has 208 valence electrons. The Balaban J connectivity index is 1.42. The molecule has 4 aliphatic carbocycles. The minimum atomic E-state index is -1.68. The first-order valence-electron chi connectivity index (χ1n) is 16.0. The Morgan fingerprint density at radius 2 is 1.67 bits per heavy atom. The van der Waals surface area contributed by atoms with Crippen LogP contribution in [0.25, 0.3) is 0 Å². The summed E-state index contributed by atoms with van der Waals surface area (Å²) in [7, 11) is -1.68. The molecule has 3 fully saturated rings. The van der Waals surface area contributed by atoms with Gasteiger partial charge in [0.1, 0.15) is 0 Å². The molecule has 9 atom stereocenters. The molecule has 36 heavy (non-hydrogen) atoms. The third kappa shape index (κ3) is 5.10. The highest BCUT2D eigenvalue weighted by Gasteiger charge is 2.58. The number of fused-ring (bicyclic) bond motifs is 5. The zero-order chi connectivity index (χ0) is 26.7. The van der Waals surface area contributed by atoms with E-state index in [2.05, 4.69) is 81.5 Å². The van der Waals surface area contributed by atoms with Gasteiger partial charge < -0.3 is 4.43 Å². The molecule has 0 radical (unpaired) electrons. The van der Waals surface area contributed by atoms with Crippen LogP contribution in [0.4, 0.5) is 0 Å². The molecule has 0 bridgehead atoms. The molecule has 0 aromatic heterocycles. The molecule has 9 unspecified atom stereocenters. The number of rotatable bonds is 7. The number of allylic oxidation sites excluding steroid dienone is 2. The molecule has 0 aromatic rings. The summed E-state index contributed by atoms with van der Waals surface area (Å²) >= 11 is 0. The van der Waals surface area contributed by atoms with Gasteiger partial charge in [-0.05, 0) is 122 Å². The normalized spacial score (nSPS) is 40.8. The van der Waals surface area contributed by atoms with Crippen LogP contribution in [0.2, 0.25) is 18.1 Å². The summed E-state index contributed by atoms with van der Waals surface area (Å²) in [4.78, 5) is 0. The summed E-state index contributed by atoms with van der Waals surface area (Å²) in [6, 6.07) is 0. The molecule has 4 rings (SSSR count). The van der Waals surface area contributed by atoms with Crippen molar-refractivity contribution in [3.05, 3.63) is 11.6 Å². The van der Waals surface area contributed by atoms with Crippen molar-refractivity contribution in [3.63, 3.8) is 0 Å². The van der Waals surface area contributed by atoms with Crippen LogP contribution in [0.3, 0.4) is 0 Å². The highest BCUT2D eigenvalue weighted by Crippen LogP contribution is 2.67. The Hall–Kier alpha value is -0.0831. The number of hydrogen-bond acceptors (Lipinski definition) is 1. The van der Waals surface area contributed by atoms with Gasteiger partial charge in [0.15, 0.2) is 8.32 Å². The van der Waals surface area contributed by atoms with Crippen LogP contribution in [0.1, 0.15) is 127 Å². The Morgan fingerprint density at radius 1 is 0.972 bits per heavy atom. The van der Waals surface area contributed by atoms with Gasteiger partial charge in [0.2, 0.25) is 0 Å². The Kier molecular flexibility index (Phi) is 8.15. The maximum atomic E-state index is 6.98. The average molecular weight is 515 g/mol. The second-order valence-corrected chi connectivity index (χ2v) is 21.3. The van der Waals surface area contributed by atoms with Crippen LogP contribution < -0.4 is 0 Å². The minimum Gasteiger partial charge on any atom is -0.414 e. The van der Waals surface area contributed by atoms with E-state index in [1.165, 1.54) is 64.2 Å². The second kappa shape index (κ2) is 10.1. The van der Waals surface area contributed by atoms with Crippen molar-refractivity contribution in [2.24, 2.45) is 52.3 Å². The van der Waals surface area contributed by atoms with E-state index in [1.54, 1.807) is 0 Å². The van der Waals surface area contributed by atoms with Crippen LogP contribution in [0.5, 0.6) is 0 Å². The van der Waals surface area contributed by atoms with Gasteiger partial charge in [-0.1, -0.05) is 86.8 Å². The third-order valence-electron chi connectivity index (χ3n) is 13.3. The lowest BCUT2D eigenvalue weighted by molar-refractivity contribution is -0.0835. The van der Waals surface area contributed by atoms with Gasteiger partial charge in [-0.3, -0.25) is 0 Å². The molecule has 0 N–H and O–H groups in total. The zero-order valence-electron chi connectivity index (χ0n) is 26.2. The lowest BCUT2D eigenvalue weighted by Gasteiger charge is -2.60. The summed E-state index contributed by atoms with van der Waals surface area (Å²) < 4.78 is 6.98. The quantitative estimate of drug-likeness (QED) is 0.242. The largest absolute Gasteiger partial charge is 0.414 e. The van der Waals surface area contributed by atoms with Gasteiger partial charge in [0, 0.05) is 6.10 Å². The molecule has 2 heteroatoms. The first-order chi connectivity index (χ1) is 16.6. The van der Waals surface area contributed by atoms with Gasteiger partial charge in [0.05, 0.1) is 0 Å². The lowest BCUT2D eigenvalue weighted by atomic mass is 9.45. The van der Waals surface area contributed by atoms with Gasteiger partial charge in [-0.2, -0.15) is 0 Å². The van der Waals surface area contributed by atoms with E-state index < -0.39 is 8.32 Å². The fourth-order valence-corrected chi connectivity index (χ4v) is 10.6. The van der Waals surface area contributed by atoms with Crippen molar-refractivity contribution < 1.29 is 4.43 Å². The van der Waals surface area contributed by atoms with Crippen LogP contribution in [-0.4, -0.2) is 14.4 Å². The molecule has 3 saturated carbocycles. The van der Waals surface area contributed by atoms with Gasteiger partial charge >= 0.3 is 0 Å². The summed E-state index contributed by atoms with van der Waals surface area (Å²) in [6.45, 7) is 27.3. The molecular formula is C34H62OSi. The summed E-state index contributed by atoms with van der Waals surface area (Å²) in [5, 5.41) is 0.314. The molecule has 0 saturated heterocycles. The van der Waals surface area contributed by atoms with Gasteiger partial charge in [-0.25, -0.2) is 0 Å². The van der Waals surface area contributed by atoms with Crippen LogP contribution in [0, 0.1) is 52.3 Å². The van der Waals surface area contributed by atoms with Crippen molar-refractivity contribution in [2.45, 2.75) is 151 Å². The smallest absolute Gasteiger partial charge is 0.192 e. The Bertz CT molecular complexity index is 804. The van der Waals surface area contributed by atoms with E-state index in [9.17, 15) is 0 Å². The predicted octanol–water partition coefficient (Wildman–Crippen LogP) is 10.7. The SMILES string of the molecule is CC(C)C(C)CCC(C)C1CC=C2C3CCC4CC(O[Si](C)(C)C(C)(C)C)CCC4(C)C3CCC21C. The molecule has 0 spiro atoms. The zero-order valence-corrected chi connectivity index (χ0v) is 27.2. The number of hydrogen-bond donors (Lipinski definition) is 0. The summed E-state index contributed by atoms with van der Waals surface area (Å²) in [6.07, 6.45) is 17.3. The predicted molar refractivity (Wildman–Crippen MR) is 160 cm³/mol. The van der Waals surface area contributed by atoms with E-state index >= 15 is 0 Å². The second-order valence-electron chi connectivity index (χ2n) is 16.5. The lowest BCUT2D eigenvalue weighted by Crippen LogP contribution is -2.53. The van der Waals surface area contributed by atoms with Crippen LogP contribution >= 0.6 is 0 Å². The molecule has 0 amide bonds. The standard InChI is InChI=1S/C34H62OSi/c1-23(2)24(3)12-13-25(4)29-16-17-30-28-15-14-26-22-27(35-36(10,11)32(5,6)7)18-20-33(26,8)31(28)19-21-34(29,30)9/h17,23-29,31H,12-16,18-22H2,1-11H3. The highest BCUT2D eigenvalue weighted by atomic mass is 28.4. The van der Waals surface area contributed by atoms with E-state index in [0.29, 0.717) is 22.0 Å². The summed E-state index contributed by atoms with van der Waals surface area (Å²) in [5.41, 5.74) is 2.94. The molecule has 0 heterocycles. The minimum absolute atomic E-state index is 0.314. The monoisotopic (exact) mass is 514 g/mol. The van der Waals surface area contributed by atoms with Crippen molar-refractivity contribution in [2.75, 3.05) is 0 Å². The summed E-state index contributed by atoms with van der Waals surface area (Å²) in [5.74, 6) is 6.08. The molecule has 0 aliphatic heterocycles. The third-order valence-corrected chi connectivity index (χ3v) is 17.8. The van der Waals surface area contributed by atoms with Gasteiger partial charge in [0.25, 0.3) is 0 Å². The van der Waals surface area contributed by atoms with E-state index in [1.807, 2.05) is 5.57 Å². The Labute approximate surface area is 227 Å². The van der Waals surface area contributed by atoms with Crippen molar-refractivity contribution in [1.82, 2.24) is 0 Å². The van der Waals surface area contributed by atoms with Gasteiger partial charge in [-0.15, -0.1) is 0 Å². The molecule has 4 aliphatic rings. The average Bonchev–Trinajstić information content (AvgIpc) is 3.13. The molecule has 0 aromatic carbocycles. The fraction of sp³-hybridized carbons (Fsp3) is 0.941. The first kappa shape index (κ1) is 28.9. The fourth-order valence-electron chi connectivity index (χ4n) is 9.20. The molecule has 1 nitrogen and oxygen atoms in total. The Morgan fingerprint density at radius 3 is 2.31 bits per heavy atom. The van der Waals surface area contributed by atoms with Crippen molar-refractivity contribution in [3.8, 4) is 0 Å². The van der Waals surface area contributed by atoms with E-state index in [0.717, 1.165) is 41.4 Å². The first-order valence-corrected chi connectivity index (χ1v) is 18.9. The van der Waals surface area contributed by atoms with E-state index in [-0.39, 0.29) is 0 Å². The maximum absolute atomic E-state index is 6.98. The van der Waals surface area contributed by atoms with Crippen molar-refractivity contribution >= 4 is 8.32 Å².